The zero-order valence-corrected chi connectivity index (χ0v) is 13.6. The maximum atomic E-state index is 12.8. The Balaban J connectivity index is 2.15. The molecule has 1 fully saturated rings. The standard InChI is InChI=1S/C15H16ClF3N2O3/c1-24-5-4-20-14(23)9-6-13(22)21(8-9)12-7-10(15(17,18)19)2-3-11(12)16/h2-3,7,9H,4-6,8H2,1H3,(H,20,23). The number of hydrogen-bond acceptors (Lipinski definition) is 3. The van der Waals surface area contributed by atoms with Gasteiger partial charge in [0, 0.05) is 26.6 Å². The predicted molar refractivity (Wildman–Crippen MR) is 81.8 cm³/mol. The van der Waals surface area contributed by atoms with Gasteiger partial charge in [-0.05, 0) is 18.2 Å². The van der Waals surface area contributed by atoms with E-state index in [4.69, 9.17) is 16.3 Å². The second kappa shape index (κ2) is 7.40. The molecule has 132 valence electrons. The Bertz CT molecular complexity index is 637. The molecular formula is C15H16ClF3N2O3. The molecule has 9 heteroatoms. The highest BCUT2D eigenvalue weighted by Gasteiger charge is 2.37. The number of benzene rings is 1. The van der Waals surface area contributed by atoms with E-state index >= 15 is 0 Å². The highest BCUT2D eigenvalue weighted by atomic mass is 35.5. The lowest BCUT2D eigenvalue weighted by Gasteiger charge is -2.20. The lowest BCUT2D eigenvalue weighted by molar-refractivity contribution is -0.137. The van der Waals surface area contributed by atoms with E-state index in [2.05, 4.69) is 5.32 Å². The van der Waals surface area contributed by atoms with Crippen molar-refractivity contribution in [3.63, 3.8) is 0 Å². The summed E-state index contributed by atoms with van der Waals surface area (Å²) in [6.45, 7) is 0.610. The van der Waals surface area contributed by atoms with Crippen LogP contribution < -0.4 is 10.2 Å². The molecule has 0 spiro atoms. The van der Waals surface area contributed by atoms with Gasteiger partial charge >= 0.3 is 6.18 Å². The first-order valence-corrected chi connectivity index (χ1v) is 7.55. The number of nitrogens with zero attached hydrogens (tertiary/aromatic N) is 1. The van der Waals surface area contributed by atoms with Crippen molar-refractivity contribution >= 4 is 29.1 Å². The van der Waals surface area contributed by atoms with Gasteiger partial charge in [-0.3, -0.25) is 9.59 Å². The minimum atomic E-state index is -4.54. The molecule has 1 atom stereocenters. The van der Waals surface area contributed by atoms with E-state index in [0.717, 1.165) is 23.1 Å². The Hall–Kier alpha value is -1.80. The number of methoxy groups -OCH3 is 1. The molecule has 24 heavy (non-hydrogen) atoms. The van der Waals surface area contributed by atoms with Crippen molar-refractivity contribution in [2.45, 2.75) is 12.6 Å². The summed E-state index contributed by atoms with van der Waals surface area (Å²) < 4.78 is 43.3. The van der Waals surface area contributed by atoms with Crippen molar-refractivity contribution < 1.29 is 27.5 Å². The third kappa shape index (κ3) is 4.18. The molecule has 0 aromatic heterocycles. The Kier molecular flexibility index (Phi) is 5.71. The third-order valence-electron chi connectivity index (χ3n) is 3.67. The summed E-state index contributed by atoms with van der Waals surface area (Å²) in [7, 11) is 1.49. The molecule has 1 heterocycles. The number of rotatable bonds is 5. The SMILES string of the molecule is COCCNC(=O)C1CC(=O)N(c2cc(C(F)(F)F)ccc2Cl)C1. The molecule has 0 bridgehead atoms. The smallest absolute Gasteiger partial charge is 0.383 e. The quantitative estimate of drug-likeness (QED) is 0.817. The number of ether oxygens (including phenoxy) is 1. The number of carbonyl (C=O) groups is 2. The summed E-state index contributed by atoms with van der Waals surface area (Å²) in [5.74, 6) is -1.42. The highest BCUT2D eigenvalue weighted by molar-refractivity contribution is 6.34. The number of anilines is 1. The molecule has 1 aromatic rings. The van der Waals surface area contributed by atoms with Gasteiger partial charge in [-0.15, -0.1) is 0 Å². The van der Waals surface area contributed by atoms with Crippen LogP contribution >= 0.6 is 11.6 Å². The Morgan fingerprint density at radius 1 is 1.46 bits per heavy atom. The first-order valence-electron chi connectivity index (χ1n) is 7.17. The molecule has 1 aliphatic rings. The maximum Gasteiger partial charge on any atom is 0.416 e. The fourth-order valence-electron chi connectivity index (χ4n) is 2.43. The summed E-state index contributed by atoms with van der Waals surface area (Å²) in [6, 6.07) is 2.77. The monoisotopic (exact) mass is 364 g/mol. The first kappa shape index (κ1) is 18.5. The topological polar surface area (TPSA) is 58.6 Å². The Labute approximate surface area is 141 Å². The van der Waals surface area contributed by atoms with Crippen LogP contribution in [0.15, 0.2) is 18.2 Å². The molecular weight excluding hydrogens is 349 g/mol. The molecule has 2 amide bonds. The third-order valence-corrected chi connectivity index (χ3v) is 3.99. The van der Waals surface area contributed by atoms with Gasteiger partial charge in [-0.1, -0.05) is 11.6 Å². The van der Waals surface area contributed by atoms with Gasteiger partial charge in [-0.2, -0.15) is 13.2 Å². The van der Waals surface area contributed by atoms with Gasteiger partial charge in [-0.25, -0.2) is 0 Å². The average Bonchev–Trinajstić information content (AvgIpc) is 2.88. The molecule has 0 radical (unpaired) electrons. The zero-order chi connectivity index (χ0) is 17.9. The van der Waals surface area contributed by atoms with Crippen LogP contribution in [-0.2, 0) is 20.5 Å². The Morgan fingerprint density at radius 2 is 2.17 bits per heavy atom. The second-order valence-electron chi connectivity index (χ2n) is 5.35. The summed E-state index contributed by atoms with van der Waals surface area (Å²) in [4.78, 5) is 25.2. The largest absolute Gasteiger partial charge is 0.416 e. The van der Waals surface area contributed by atoms with E-state index in [9.17, 15) is 22.8 Å². The maximum absolute atomic E-state index is 12.8. The van der Waals surface area contributed by atoms with Gasteiger partial charge in [0.1, 0.15) is 0 Å². The van der Waals surface area contributed by atoms with Gasteiger partial charge in [0.2, 0.25) is 11.8 Å². The van der Waals surface area contributed by atoms with E-state index in [-0.39, 0.29) is 29.6 Å². The van der Waals surface area contributed by atoms with Crippen LogP contribution in [-0.4, -0.2) is 38.6 Å². The molecule has 0 saturated carbocycles. The molecule has 1 aliphatic heterocycles. The molecule has 5 nitrogen and oxygen atoms in total. The van der Waals surface area contributed by atoms with Gasteiger partial charge < -0.3 is 15.0 Å². The lowest BCUT2D eigenvalue weighted by atomic mass is 10.1. The van der Waals surface area contributed by atoms with Crippen molar-refractivity contribution in [2.24, 2.45) is 5.92 Å². The molecule has 1 aromatic carbocycles. The fraction of sp³-hybridized carbons (Fsp3) is 0.467. The van der Waals surface area contributed by atoms with Crippen LogP contribution in [0.2, 0.25) is 5.02 Å². The van der Waals surface area contributed by atoms with Crippen LogP contribution in [0.25, 0.3) is 0 Å². The first-order chi connectivity index (χ1) is 11.2. The normalized spacial score (nSPS) is 18.1. The number of amides is 2. The zero-order valence-electron chi connectivity index (χ0n) is 12.8. The van der Waals surface area contributed by atoms with E-state index in [1.54, 1.807) is 0 Å². The second-order valence-corrected chi connectivity index (χ2v) is 5.76. The molecule has 1 saturated heterocycles. The minimum Gasteiger partial charge on any atom is -0.383 e. The number of halogens is 4. The summed E-state index contributed by atoms with van der Waals surface area (Å²) in [6.07, 6.45) is -4.62. The molecule has 1 unspecified atom stereocenters. The lowest BCUT2D eigenvalue weighted by Crippen LogP contribution is -2.34. The van der Waals surface area contributed by atoms with Crippen molar-refractivity contribution in [3.05, 3.63) is 28.8 Å². The van der Waals surface area contributed by atoms with E-state index in [1.165, 1.54) is 7.11 Å². The van der Waals surface area contributed by atoms with Crippen molar-refractivity contribution in [3.8, 4) is 0 Å². The summed E-state index contributed by atoms with van der Waals surface area (Å²) in [5.41, 5.74) is -0.939. The van der Waals surface area contributed by atoms with E-state index < -0.39 is 23.6 Å². The van der Waals surface area contributed by atoms with E-state index in [1.807, 2.05) is 0 Å². The number of carbonyl (C=O) groups excluding carboxylic acids is 2. The molecule has 2 rings (SSSR count). The van der Waals surface area contributed by atoms with Crippen LogP contribution in [0.3, 0.4) is 0 Å². The number of hydrogen-bond donors (Lipinski definition) is 1. The Morgan fingerprint density at radius 3 is 2.79 bits per heavy atom. The van der Waals surface area contributed by atoms with Gasteiger partial charge in [0.05, 0.1) is 28.8 Å². The predicted octanol–water partition coefficient (Wildman–Crippen LogP) is 2.47. The van der Waals surface area contributed by atoms with Crippen molar-refractivity contribution in [2.75, 3.05) is 31.7 Å². The summed E-state index contributed by atoms with van der Waals surface area (Å²) in [5, 5.41) is 2.64. The van der Waals surface area contributed by atoms with E-state index in [0.29, 0.717) is 13.2 Å². The highest BCUT2D eigenvalue weighted by Crippen LogP contribution is 2.37. The van der Waals surface area contributed by atoms with Gasteiger partial charge in [0.25, 0.3) is 0 Å². The van der Waals surface area contributed by atoms with Crippen molar-refractivity contribution in [1.82, 2.24) is 5.32 Å². The van der Waals surface area contributed by atoms with Crippen LogP contribution in [0, 0.1) is 5.92 Å². The van der Waals surface area contributed by atoms with Crippen molar-refractivity contribution in [1.29, 1.82) is 0 Å². The minimum absolute atomic E-state index is 0.0152. The fourth-order valence-corrected chi connectivity index (χ4v) is 2.65. The number of alkyl halides is 3. The average molecular weight is 365 g/mol. The molecule has 0 aliphatic carbocycles. The summed E-state index contributed by atoms with van der Waals surface area (Å²) >= 11 is 5.94. The number of nitrogens with one attached hydrogen (secondary N) is 1. The molecule has 1 N–H and O–H groups in total. The van der Waals surface area contributed by atoms with Crippen LogP contribution in [0.4, 0.5) is 18.9 Å². The van der Waals surface area contributed by atoms with Crippen LogP contribution in [0.1, 0.15) is 12.0 Å². The van der Waals surface area contributed by atoms with Crippen LogP contribution in [0.5, 0.6) is 0 Å². The van der Waals surface area contributed by atoms with Gasteiger partial charge in [0.15, 0.2) is 0 Å².